The highest BCUT2D eigenvalue weighted by Crippen LogP contribution is 2.14. The van der Waals surface area contributed by atoms with Crippen LogP contribution in [0.15, 0.2) is 29.3 Å². The van der Waals surface area contributed by atoms with Crippen LogP contribution in [0.4, 0.5) is 0 Å². The molecule has 1 atom stereocenters. The molecular formula is C25H44IN5O2. The molecule has 2 aliphatic rings. The van der Waals surface area contributed by atoms with Crippen molar-refractivity contribution < 1.29 is 9.84 Å². The van der Waals surface area contributed by atoms with Crippen LogP contribution < -0.4 is 10.6 Å². The summed E-state index contributed by atoms with van der Waals surface area (Å²) in [6, 6.07) is 8.86. The minimum atomic E-state index is -0.831. The molecular weight excluding hydrogens is 529 g/mol. The number of benzene rings is 1. The number of rotatable bonds is 9. The second-order valence-corrected chi connectivity index (χ2v) is 9.44. The number of nitrogens with zero attached hydrogens (tertiary/aromatic N) is 3. The van der Waals surface area contributed by atoms with Crippen molar-refractivity contribution in [1.29, 1.82) is 0 Å². The molecule has 1 aromatic carbocycles. The quantitative estimate of drug-likeness (QED) is 0.240. The van der Waals surface area contributed by atoms with E-state index >= 15 is 0 Å². The molecule has 7 nitrogen and oxygen atoms in total. The second kappa shape index (κ2) is 15.1. The zero-order valence-corrected chi connectivity index (χ0v) is 22.9. The van der Waals surface area contributed by atoms with Gasteiger partial charge in [-0.05, 0) is 50.9 Å². The van der Waals surface area contributed by atoms with Gasteiger partial charge in [-0.15, -0.1) is 24.0 Å². The smallest absolute Gasteiger partial charge is 0.191 e. The lowest BCUT2D eigenvalue weighted by molar-refractivity contribution is -0.0201. The lowest BCUT2D eigenvalue weighted by Crippen LogP contribution is -2.52. The van der Waals surface area contributed by atoms with Gasteiger partial charge in [0.2, 0.25) is 0 Å². The zero-order chi connectivity index (χ0) is 22.7. The van der Waals surface area contributed by atoms with E-state index in [9.17, 15) is 5.11 Å². The van der Waals surface area contributed by atoms with Gasteiger partial charge in [0.1, 0.15) is 0 Å². The van der Waals surface area contributed by atoms with Crippen LogP contribution in [-0.4, -0.2) is 85.5 Å². The van der Waals surface area contributed by atoms with Crippen molar-refractivity contribution in [3.05, 3.63) is 35.4 Å². The lowest BCUT2D eigenvalue weighted by atomic mass is 10.1. The topological polar surface area (TPSA) is 72.4 Å². The average Bonchev–Trinajstić information content (AvgIpc) is 3.06. The maximum absolute atomic E-state index is 10.8. The molecule has 2 fully saturated rings. The molecule has 2 aliphatic heterocycles. The molecule has 0 saturated carbocycles. The Kier molecular flexibility index (Phi) is 13.0. The first-order chi connectivity index (χ1) is 15.5. The summed E-state index contributed by atoms with van der Waals surface area (Å²) < 4.78 is 5.40. The maximum Gasteiger partial charge on any atom is 0.191 e. The predicted octanol–water partition coefficient (Wildman–Crippen LogP) is 2.82. The second-order valence-electron chi connectivity index (χ2n) is 9.44. The lowest BCUT2D eigenvalue weighted by Gasteiger charge is -2.34. The molecule has 0 spiro atoms. The Balaban J connectivity index is 0.00000385. The van der Waals surface area contributed by atoms with Gasteiger partial charge in [0, 0.05) is 39.3 Å². The molecule has 1 aromatic rings. The fourth-order valence-electron chi connectivity index (χ4n) is 4.39. The van der Waals surface area contributed by atoms with E-state index in [4.69, 9.17) is 9.73 Å². The molecule has 1 unspecified atom stereocenters. The highest BCUT2D eigenvalue weighted by Gasteiger charge is 2.25. The fraction of sp³-hybridized carbons (Fsp3) is 0.720. The zero-order valence-electron chi connectivity index (χ0n) is 20.5. The van der Waals surface area contributed by atoms with Crippen molar-refractivity contribution in [3.63, 3.8) is 0 Å². The third-order valence-corrected chi connectivity index (χ3v) is 6.20. The SMILES string of the molecule is CCNC(=NCc1ccc(CN2CCCCCC2)cc1)NCC(C)(O)CN1CCOCC1.I. The van der Waals surface area contributed by atoms with Crippen LogP contribution in [-0.2, 0) is 17.8 Å². The normalized spacial score (nSPS) is 20.4. The Morgan fingerprint density at radius 2 is 1.61 bits per heavy atom. The van der Waals surface area contributed by atoms with Crippen molar-refractivity contribution in [2.75, 3.05) is 59.0 Å². The van der Waals surface area contributed by atoms with Crippen LogP contribution in [0.3, 0.4) is 0 Å². The Labute approximate surface area is 217 Å². The number of ether oxygens (including phenoxy) is 1. The fourth-order valence-corrected chi connectivity index (χ4v) is 4.39. The number of likely N-dealkylation sites (tertiary alicyclic amines) is 1. The van der Waals surface area contributed by atoms with Crippen molar-refractivity contribution >= 4 is 29.9 Å². The summed E-state index contributed by atoms with van der Waals surface area (Å²) in [6.45, 7) is 13.1. The molecule has 3 N–H and O–H groups in total. The predicted molar refractivity (Wildman–Crippen MR) is 146 cm³/mol. The Hall–Kier alpha value is -0.940. The number of β-amino-alcohol motifs (C(OH)–C–C–N with tert-alkyl or cyclic N) is 1. The van der Waals surface area contributed by atoms with Gasteiger partial charge in [0.25, 0.3) is 0 Å². The van der Waals surface area contributed by atoms with Gasteiger partial charge in [0.15, 0.2) is 5.96 Å². The number of aliphatic imine (C=N–C) groups is 1. The van der Waals surface area contributed by atoms with Gasteiger partial charge in [-0.1, -0.05) is 37.1 Å². The molecule has 0 bridgehead atoms. The van der Waals surface area contributed by atoms with E-state index in [0.29, 0.717) is 19.6 Å². The first-order valence-corrected chi connectivity index (χ1v) is 12.4. The van der Waals surface area contributed by atoms with E-state index in [1.807, 2.05) is 6.92 Å². The molecule has 0 aromatic heterocycles. The number of guanidine groups is 1. The standard InChI is InChI=1S/C25H43N5O2.HI/c1-3-26-24(28-20-25(2,31)21-30-14-16-32-17-15-30)27-18-22-8-10-23(11-9-22)19-29-12-6-4-5-7-13-29;/h8-11,31H,3-7,12-21H2,1-2H3,(H2,26,27,28);1H. The van der Waals surface area contributed by atoms with Gasteiger partial charge >= 0.3 is 0 Å². The maximum atomic E-state index is 10.8. The van der Waals surface area contributed by atoms with Crippen LogP contribution in [0.2, 0.25) is 0 Å². The first kappa shape index (κ1) is 28.3. The summed E-state index contributed by atoms with van der Waals surface area (Å²) >= 11 is 0. The number of nitrogens with one attached hydrogen (secondary N) is 2. The van der Waals surface area contributed by atoms with E-state index in [2.05, 4.69) is 51.6 Å². The summed E-state index contributed by atoms with van der Waals surface area (Å²) in [6.07, 6.45) is 5.40. The summed E-state index contributed by atoms with van der Waals surface area (Å²) in [7, 11) is 0. The van der Waals surface area contributed by atoms with Crippen molar-refractivity contribution in [2.45, 2.75) is 58.2 Å². The summed E-state index contributed by atoms with van der Waals surface area (Å²) in [5.74, 6) is 0.739. The van der Waals surface area contributed by atoms with Gasteiger partial charge in [-0.3, -0.25) is 9.80 Å². The number of aliphatic hydroxyl groups is 1. The van der Waals surface area contributed by atoms with Crippen molar-refractivity contribution in [3.8, 4) is 0 Å². The molecule has 3 rings (SSSR count). The summed E-state index contributed by atoms with van der Waals surface area (Å²) in [5.41, 5.74) is 1.74. The molecule has 2 heterocycles. The highest BCUT2D eigenvalue weighted by molar-refractivity contribution is 14.0. The molecule has 0 aliphatic carbocycles. The van der Waals surface area contributed by atoms with Crippen LogP contribution in [0.1, 0.15) is 50.7 Å². The van der Waals surface area contributed by atoms with Gasteiger partial charge in [0.05, 0.1) is 25.4 Å². The first-order valence-electron chi connectivity index (χ1n) is 12.4. The number of hydrogen-bond donors (Lipinski definition) is 3. The molecule has 0 radical (unpaired) electrons. The Morgan fingerprint density at radius 1 is 0.970 bits per heavy atom. The van der Waals surface area contributed by atoms with Crippen LogP contribution in [0, 0.1) is 0 Å². The van der Waals surface area contributed by atoms with Gasteiger partial charge < -0.3 is 20.5 Å². The average molecular weight is 574 g/mol. The van der Waals surface area contributed by atoms with E-state index in [0.717, 1.165) is 45.4 Å². The summed E-state index contributed by atoms with van der Waals surface area (Å²) in [4.78, 5) is 9.56. The Bertz CT molecular complexity index is 685. The van der Waals surface area contributed by atoms with Crippen LogP contribution >= 0.6 is 24.0 Å². The minimum absolute atomic E-state index is 0. The highest BCUT2D eigenvalue weighted by atomic mass is 127. The molecule has 188 valence electrons. The van der Waals surface area contributed by atoms with Crippen LogP contribution in [0.5, 0.6) is 0 Å². The minimum Gasteiger partial charge on any atom is -0.387 e. The van der Waals surface area contributed by atoms with Gasteiger partial charge in [-0.2, -0.15) is 0 Å². The number of morpholine rings is 1. The van der Waals surface area contributed by atoms with E-state index in [1.54, 1.807) is 0 Å². The molecule has 33 heavy (non-hydrogen) atoms. The van der Waals surface area contributed by atoms with Gasteiger partial charge in [-0.25, -0.2) is 4.99 Å². The third kappa shape index (κ3) is 10.9. The van der Waals surface area contributed by atoms with Crippen molar-refractivity contribution in [2.24, 2.45) is 4.99 Å². The molecule has 8 heteroatoms. The van der Waals surface area contributed by atoms with Crippen LogP contribution in [0.25, 0.3) is 0 Å². The largest absolute Gasteiger partial charge is 0.387 e. The molecule has 2 saturated heterocycles. The number of halogens is 1. The number of hydrogen-bond acceptors (Lipinski definition) is 5. The van der Waals surface area contributed by atoms with E-state index in [1.165, 1.54) is 49.9 Å². The molecule has 0 amide bonds. The van der Waals surface area contributed by atoms with E-state index in [-0.39, 0.29) is 24.0 Å². The monoisotopic (exact) mass is 573 g/mol. The van der Waals surface area contributed by atoms with E-state index < -0.39 is 5.60 Å². The summed E-state index contributed by atoms with van der Waals surface area (Å²) in [5, 5.41) is 17.4. The third-order valence-electron chi connectivity index (χ3n) is 6.20. The Morgan fingerprint density at radius 3 is 2.24 bits per heavy atom. The van der Waals surface area contributed by atoms with Crippen molar-refractivity contribution in [1.82, 2.24) is 20.4 Å².